The number of hydrogen-bond donors (Lipinski definition) is 1. The van der Waals surface area contributed by atoms with E-state index < -0.39 is 11.7 Å². The molecule has 1 amide bonds. The molecule has 2 unspecified atom stereocenters. The lowest BCUT2D eigenvalue weighted by Crippen LogP contribution is -2.42. The van der Waals surface area contributed by atoms with Crippen LogP contribution >= 0.6 is 0 Å². The van der Waals surface area contributed by atoms with E-state index in [9.17, 15) is 9.59 Å². The summed E-state index contributed by atoms with van der Waals surface area (Å²) >= 11 is 0. The zero-order valence-electron chi connectivity index (χ0n) is 11.2. The average molecular weight is 241 g/mol. The number of carbonyl (C=O) groups excluding carboxylic acids is 2. The van der Waals surface area contributed by atoms with Crippen molar-refractivity contribution in [3.05, 3.63) is 0 Å². The number of rotatable bonds is 3. The Hall–Kier alpha value is -1.06. The van der Waals surface area contributed by atoms with Gasteiger partial charge in [-0.15, -0.1) is 0 Å². The van der Waals surface area contributed by atoms with Crippen LogP contribution in [-0.4, -0.2) is 23.5 Å². The van der Waals surface area contributed by atoms with Gasteiger partial charge in [-0.05, 0) is 33.6 Å². The standard InChI is InChI=1S/C13H23NO3/c1-5-11(15)9-7-6-8-10(9)14-12(16)17-13(2,3)4/h9-10H,5-8H2,1-4H3,(H,14,16). The van der Waals surface area contributed by atoms with Crippen molar-refractivity contribution in [2.45, 2.75) is 65.0 Å². The fourth-order valence-electron chi connectivity index (χ4n) is 2.24. The van der Waals surface area contributed by atoms with E-state index in [1.807, 2.05) is 27.7 Å². The van der Waals surface area contributed by atoms with Crippen molar-refractivity contribution in [1.29, 1.82) is 0 Å². The molecule has 1 N–H and O–H groups in total. The van der Waals surface area contributed by atoms with Gasteiger partial charge in [-0.3, -0.25) is 4.79 Å². The first-order chi connectivity index (χ1) is 7.83. The van der Waals surface area contributed by atoms with Gasteiger partial charge in [0.05, 0.1) is 0 Å². The maximum Gasteiger partial charge on any atom is 0.407 e. The van der Waals surface area contributed by atoms with Gasteiger partial charge in [-0.1, -0.05) is 13.3 Å². The number of ether oxygens (including phenoxy) is 1. The van der Waals surface area contributed by atoms with Crippen LogP contribution in [0.5, 0.6) is 0 Å². The van der Waals surface area contributed by atoms with Crippen molar-refractivity contribution in [3.8, 4) is 0 Å². The highest BCUT2D eigenvalue weighted by atomic mass is 16.6. The third kappa shape index (κ3) is 4.36. The topological polar surface area (TPSA) is 55.4 Å². The second kappa shape index (κ2) is 5.52. The minimum absolute atomic E-state index is 0.0208. The predicted octanol–water partition coefficient (Wildman–Crippen LogP) is 2.66. The lowest BCUT2D eigenvalue weighted by molar-refractivity contribution is -0.122. The summed E-state index contributed by atoms with van der Waals surface area (Å²) in [6, 6.07) is -0.0442. The van der Waals surface area contributed by atoms with Crippen LogP contribution in [0.4, 0.5) is 4.79 Å². The fraction of sp³-hybridized carbons (Fsp3) is 0.846. The first-order valence-electron chi connectivity index (χ1n) is 6.35. The van der Waals surface area contributed by atoms with Crippen LogP contribution in [0.1, 0.15) is 53.4 Å². The van der Waals surface area contributed by atoms with Crippen LogP contribution in [0, 0.1) is 5.92 Å². The molecule has 0 heterocycles. The molecular formula is C13H23NO3. The molecule has 1 saturated carbocycles. The minimum atomic E-state index is -0.493. The summed E-state index contributed by atoms with van der Waals surface area (Å²) in [5.41, 5.74) is -0.493. The van der Waals surface area contributed by atoms with Crippen LogP contribution in [0.15, 0.2) is 0 Å². The molecule has 0 aromatic heterocycles. The second-order valence-corrected chi connectivity index (χ2v) is 5.61. The minimum Gasteiger partial charge on any atom is -0.444 e. The Labute approximate surface area is 103 Å². The summed E-state index contributed by atoms with van der Waals surface area (Å²) in [6.45, 7) is 7.35. The van der Waals surface area contributed by atoms with Gasteiger partial charge in [0.15, 0.2) is 0 Å². The number of hydrogen-bond acceptors (Lipinski definition) is 3. The van der Waals surface area contributed by atoms with Crippen LogP contribution in [0.3, 0.4) is 0 Å². The molecule has 4 heteroatoms. The van der Waals surface area contributed by atoms with Gasteiger partial charge in [-0.2, -0.15) is 0 Å². The maximum absolute atomic E-state index is 11.7. The van der Waals surface area contributed by atoms with Crippen molar-refractivity contribution in [3.63, 3.8) is 0 Å². The molecule has 2 atom stereocenters. The number of carbonyl (C=O) groups is 2. The molecule has 1 aliphatic rings. The summed E-state index contributed by atoms with van der Waals surface area (Å²) in [6.07, 6.45) is 2.87. The summed E-state index contributed by atoms with van der Waals surface area (Å²) in [4.78, 5) is 23.3. The molecule has 1 aliphatic carbocycles. The smallest absolute Gasteiger partial charge is 0.407 e. The zero-order valence-corrected chi connectivity index (χ0v) is 11.2. The number of Topliss-reactive ketones (excluding diaryl/α,β-unsaturated/α-hetero) is 1. The second-order valence-electron chi connectivity index (χ2n) is 5.61. The van der Waals surface area contributed by atoms with Crippen molar-refractivity contribution in [2.75, 3.05) is 0 Å². The Morgan fingerprint density at radius 1 is 1.29 bits per heavy atom. The van der Waals surface area contributed by atoms with Crippen molar-refractivity contribution in [2.24, 2.45) is 5.92 Å². The predicted molar refractivity (Wildman–Crippen MR) is 65.8 cm³/mol. The Morgan fingerprint density at radius 3 is 2.47 bits per heavy atom. The van der Waals surface area contributed by atoms with E-state index in [1.165, 1.54) is 0 Å². The van der Waals surface area contributed by atoms with E-state index in [0.29, 0.717) is 6.42 Å². The highest BCUT2D eigenvalue weighted by Crippen LogP contribution is 2.27. The Kier molecular flexibility index (Phi) is 4.54. The Morgan fingerprint density at radius 2 is 1.94 bits per heavy atom. The lowest BCUT2D eigenvalue weighted by Gasteiger charge is -2.24. The van der Waals surface area contributed by atoms with E-state index in [4.69, 9.17) is 4.74 Å². The molecular weight excluding hydrogens is 218 g/mol. The summed E-state index contributed by atoms with van der Waals surface area (Å²) in [7, 11) is 0. The first-order valence-corrected chi connectivity index (χ1v) is 6.35. The van der Waals surface area contributed by atoms with E-state index in [2.05, 4.69) is 5.32 Å². The molecule has 1 fully saturated rings. The molecule has 0 bridgehead atoms. The Bertz CT molecular complexity index is 294. The molecule has 0 radical (unpaired) electrons. The van der Waals surface area contributed by atoms with Crippen molar-refractivity contribution < 1.29 is 14.3 Å². The highest BCUT2D eigenvalue weighted by Gasteiger charge is 2.33. The fourth-order valence-corrected chi connectivity index (χ4v) is 2.24. The number of nitrogens with one attached hydrogen (secondary N) is 1. The third-order valence-corrected chi connectivity index (χ3v) is 2.98. The highest BCUT2D eigenvalue weighted by molar-refractivity contribution is 5.82. The van der Waals surface area contributed by atoms with Crippen molar-refractivity contribution in [1.82, 2.24) is 5.32 Å². The van der Waals surface area contributed by atoms with Crippen LogP contribution < -0.4 is 5.32 Å². The maximum atomic E-state index is 11.7. The Balaban J connectivity index is 2.50. The molecule has 0 aromatic rings. The van der Waals surface area contributed by atoms with E-state index in [0.717, 1.165) is 19.3 Å². The van der Waals surface area contributed by atoms with Gasteiger partial charge in [0.2, 0.25) is 0 Å². The molecule has 0 aliphatic heterocycles. The number of alkyl carbamates (subject to hydrolysis) is 1. The number of ketones is 1. The summed E-state index contributed by atoms with van der Waals surface area (Å²) in [5.74, 6) is 0.219. The van der Waals surface area contributed by atoms with Crippen LogP contribution in [-0.2, 0) is 9.53 Å². The van der Waals surface area contributed by atoms with Crippen LogP contribution in [0.25, 0.3) is 0 Å². The number of amides is 1. The monoisotopic (exact) mass is 241 g/mol. The molecule has 1 rings (SSSR count). The van der Waals surface area contributed by atoms with Gasteiger partial charge < -0.3 is 10.1 Å². The van der Waals surface area contributed by atoms with Gasteiger partial charge >= 0.3 is 6.09 Å². The van der Waals surface area contributed by atoms with Gasteiger partial charge in [0.25, 0.3) is 0 Å². The van der Waals surface area contributed by atoms with E-state index >= 15 is 0 Å². The molecule has 0 aromatic carbocycles. The van der Waals surface area contributed by atoms with Crippen LogP contribution in [0.2, 0.25) is 0 Å². The molecule has 0 saturated heterocycles. The van der Waals surface area contributed by atoms with E-state index in [-0.39, 0.29) is 17.7 Å². The average Bonchev–Trinajstić information content (AvgIpc) is 2.61. The quantitative estimate of drug-likeness (QED) is 0.826. The SMILES string of the molecule is CCC(=O)C1CCCC1NC(=O)OC(C)(C)C. The molecule has 98 valence electrons. The largest absolute Gasteiger partial charge is 0.444 e. The van der Waals surface area contributed by atoms with Gasteiger partial charge in [0, 0.05) is 18.4 Å². The van der Waals surface area contributed by atoms with Gasteiger partial charge in [-0.25, -0.2) is 4.79 Å². The lowest BCUT2D eigenvalue weighted by atomic mass is 9.97. The van der Waals surface area contributed by atoms with E-state index in [1.54, 1.807) is 0 Å². The normalized spacial score (nSPS) is 24.5. The molecule has 4 nitrogen and oxygen atoms in total. The van der Waals surface area contributed by atoms with Crippen molar-refractivity contribution >= 4 is 11.9 Å². The molecule has 0 spiro atoms. The molecule has 17 heavy (non-hydrogen) atoms. The summed E-state index contributed by atoms with van der Waals surface area (Å²) < 4.78 is 5.20. The first kappa shape index (κ1) is 14.0. The summed E-state index contributed by atoms with van der Waals surface area (Å²) in [5, 5.41) is 2.82. The van der Waals surface area contributed by atoms with Gasteiger partial charge in [0.1, 0.15) is 11.4 Å². The zero-order chi connectivity index (χ0) is 13.1. The third-order valence-electron chi connectivity index (χ3n) is 2.98.